The first-order valence-corrected chi connectivity index (χ1v) is 3.25. The van der Waals surface area contributed by atoms with Crippen LogP contribution in [-0.2, 0) is 9.53 Å². The molecule has 1 atom stereocenters. The van der Waals surface area contributed by atoms with Crippen LogP contribution >= 0.6 is 0 Å². The number of hydrogen-bond acceptors (Lipinski definition) is 2. The van der Waals surface area contributed by atoms with Gasteiger partial charge in [0.15, 0.2) is 0 Å². The van der Waals surface area contributed by atoms with Crippen molar-refractivity contribution in [1.82, 2.24) is 0 Å². The van der Waals surface area contributed by atoms with Crippen LogP contribution < -0.4 is 0 Å². The number of carbonyl (C=O) groups excluding carboxylic acids is 1. The molecule has 0 aliphatic heterocycles. The predicted octanol–water partition coefficient (Wildman–Crippen LogP) is 1.39. The van der Waals surface area contributed by atoms with Crippen molar-refractivity contribution in [3.63, 3.8) is 0 Å². The zero-order valence-electron chi connectivity index (χ0n) is 6.31. The summed E-state index contributed by atoms with van der Waals surface area (Å²) in [5, 5.41) is 0. The Bertz CT molecular complexity index is 88.9. The molecule has 0 rings (SSSR count). The lowest BCUT2D eigenvalue weighted by molar-refractivity contribution is -0.120. The average Bonchev–Trinajstić information content (AvgIpc) is 1.87. The monoisotopic (exact) mass is 130 g/mol. The molecule has 0 fully saturated rings. The molecule has 0 saturated carbocycles. The normalized spacial score (nSPS) is 13.2. The van der Waals surface area contributed by atoms with E-state index in [4.69, 9.17) is 4.74 Å². The highest BCUT2D eigenvalue weighted by Gasteiger charge is 2.04. The van der Waals surface area contributed by atoms with Gasteiger partial charge >= 0.3 is 0 Å². The van der Waals surface area contributed by atoms with E-state index < -0.39 is 0 Å². The molecule has 0 aromatic rings. The van der Waals surface area contributed by atoms with Gasteiger partial charge in [-0.2, -0.15) is 0 Å². The third-order valence-electron chi connectivity index (χ3n) is 1.31. The van der Waals surface area contributed by atoms with Crippen molar-refractivity contribution in [2.24, 2.45) is 0 Å². The quantitative estimate of drug-likeness (QED) is 0.574. The van der Waals surface area contributed by atoms with E-state index in [2.05, 4.69) is 0 Å². The molecule has 0 aliphatic rings. The molecule has 1 unspecified atom stereocenters. The van der Waals surface area contributed by atoms with Crippen molar-refractivity contribution in [1.29, 1.82) is 0 Å². The minimum absolute atomic E-state index is 0.0810. The zero-order chi connectivity index (χ0) is 7.28. The number of ketones is 1. The maximum absolute atomic E-state index is 10.7. The van der Waals surface area contributed by atoms with Gasteiger partial charge in [0.25, 0.3) is 0 Å². The number of methoxy groups -OCH3 is 1. The lowest BCUT2D eigenvalue weighted by Crippen LogP contribution is -2.10. The topological polar surface area (TPSA) is 26.3 Å². The largest absolute Gasteiger partial charge is 0.381 e. The highest BCUT2D eigenvalue weighted by atomic mass is 16.5. The molecule has 0 N–H and O–H groups in total. The van der Waals surface area contributed by atoms with E-state index in [-0.39, 0.29) is 11.9 Å². The van der Waals surface area contributed by atoms with E-state index in [0.717, 1.165) is 0 Å². The molecule has 0 saturated heterocycles. The van der Waals surface area contributed by atoms with Gasteiger partial charge in [0.2, 0.25) is 0 Å². The number of carbonyl (C=O) groups is 1. The fourth-order valence-corrected chi connectivity index (χ4v) is 0.548. The van der Waals surface area contributed by atoms with Gasteiger partial charge in [-0.3, -0.25) is 4.79 Å². The lowest BCUT2D eigenvalue weighted by atomic mass is 10.2. The van der Waals surface area contributed by atoms with E-state index in [9.17, 15) is 4.79 Å². The van der Waals surface area contributed by atoms with Crippen LogP contribution in [0.25, 0.3) is 0 Å². The van der Waals surface area contributed by atoms with E-state index >= 15 is 0 Å². The molecule has 0 spiro atoms. The number of ether oxygens (including phenoxy) is 1. The van der Waals surface area contributed by atoms with E-state index in [1.165, 1.54) is 0 Å². The minimum Gasteiger partial charge on any atom is -0.381 e. The first-order chi connectivity index (χ1) is 4.20. The number of hydrogen-bond donors (Lipinski definition) is 0. The summed E-state index contributed by atoms with van der Waals surface area (Å²) in [4.78, 5) is 10.7. The Morgan fingerprint density at radius 3 is 2.56 bits per heavy atom. The average molecular weight is 130 g/mol. The molecule has 2 nitrogen and oxygen atoms in total. The highest BCUT2D eigenvalue weighted by Crippen LogP contribution is 1.97. The Morgan fingerprint density at radius 1 is 1.67 bits per heavy atom. The first kappa shape index (κ1) is 8.63. The molecular formula is C7H14O2. The minimum atomic E-state index is 0.0810. The van der Waals surface area contributed by atoms with Crippen molar-refractivity contribution < 1.29 is 9.53 Å². The van der Waals surface area contributed by atoms with Gasteiger partial charge in [-0.1, -0.05) is 6.92 Å². The number of Topliss-reactive ketones (excluding diaryl/α,β-unsaturated/α-hetero) is 1. The fourth-order valence-electron chi connectivity index (χ4n) is 0.548. The van der Waals surface area contributed by atoms with Gasteiger partial charge in [-0.05, 0) is 6.92 Å². The SMILES string of the molecule is CCC(=O)CC(C)OC. The summed E-state index contributed by atoms with van der Waals surface area (Å²) in [5.41, 5.74) is 0. The van der Waals surface area contributed by atoms with Crippen LogP contribution in [0.5, 0.6) is 0 Å². The summed E-state index contributed by atoms with van der Waals surface area (Å²) in [7, 11) is 1.62. The van der Waals surface area contributed by atoms with Crippen LogP contribution in [0.15, 0.2) is 0 Å². The summed E-state index contributed by atoms with van der Waals surface area (Å²) in [6.07, 6.45) is 1.25. The lowest BCUT2D eigenvalue weighted by Gasteiger charge is -2.05. The molecule has 0 radical (unpaired) electrons. The second-order valence-electron chi connectivity index (χ2n) is 2.14. The van der Waals surface area contributed by atoms with Crippen molar-refractivity contribution in [2.45, 2.75) is 32.8 Å². The summed E-state index contributed by atoms with van der Waals surface area (Å²) in [6, 6.07) is 0. The number of rotatable bonds is 4. The molecular weight excluding hydrogens is 116 g/mol. The summed E-state index contributed by atoms with van der Waals surface area (Å²) in [5.74, 6) is 0.268. The first-order valence-electron chi connectivity index (χ1n) is 3.25. The third-order valence-corrected chi connectivity index (χ3v) is 1.31. The van der Waals surface area contributed by atoms with Gasteiger partial charge in [0.1, 0.15) is 5.78 Å². The maximum atomic E-state index is 10.7. The smallest absolute Gasteiger partial charge is 0.135 e. The molecule has 0 bridgehead atoms. The summed E-state index contributed by atoms with van der Waals surface area (Å²) in [6.45, 7) is 3.76. The van der Waals surface area contributed by atoms with Gasteiger partial charge in [0, 0.05) is 20.0 Å². The molecule has 0 aromatic carbocycles. The maximum Gasteiger partial charge on any atom is 0.135 e. The molecule has 0 amide bonds. The van der Waals surface area contributed by atoms with E-state index in [1.54, 1.807) is 7.11 Å². The van der Waals surface area contributed by atoms with Crippen LogP contribution in [-0.4, -0.2) is 19.0 Å². The Balaban J connectivity index is 3.34. The Hall–Kier alpha value is -0.370. The van der Waals surface area contributed by atoms with Crippen molar-refractivity contribution in [3.8, 4) is 0 Å². The van der Waals surface area contributed by atoms with Crippen molar-refractivity contribution in [2.75, 3.05) is 7.11 Å². The van der Waals surface area contributed by atoms with Crippen molar-refractivity contribution >= 4 is 5.78 Å². The predicted molar refractivity (Wildman–Crippen MR) is 36.4 cm³/mol. The Kier molecular flexibility index (Phi) is 4.32. The van der Waals surface area contributed by atoms with Gasteiger partial charge < -0.3 is 4.74 Å². The molecule has 9 heavy (non-hydrogen) atoms. The van der Waals surface area contributed by atoms with Gasteiger partial charge in [-0.25, -0.2) is 0 Å². The summed E-state index contributed by atoms with van der Waals surface area (Å²) < 4.78 is 4.90. The highest BCUT2D eigenvalue weighted by molar-refractivity contribution is 5.78. The van der Waals surface area contributed by atoms with Crippen molar-refractivity contribution in [3.05, 3.63) is 0 Å². The Labute approximate surface area is 56.2 Å². The second kappa shape index (κ2) is 4.50. The molecule has 2 heteroatoms. The van der Waals surface area contributed by atoms with Crippen LogP contribution in [0.4, 0.5) is 0 Å². The van der Waals surface area contributed by atoms with Crippen LogP contribution in [0.3, 0.4) is 0 Å². The molecule has 0 heterocycles. The van der Waals surface area contributed by atoms with Crippen LogP contribution in [0.2, 0.25) is 0 Å². The van der Waals surface area contributed by atoms with E-state index in [1.807, 2.05) is 13.8 Å². The molecule has 0 aliphatic carbocycles. The molecule has 54 valence electrons. The zero-order valence-corrected chi connectivity index (χ0v) is 6.31. The summed E-state index contributed by atoms with van der Waals surface area (Å²) >= 11 is 0. The molecule has 0 aromatic heterocycles. The van der Waals surface area contributed by atoms with Gasteiger partial charge in [-0.15, -0.1) is 0 Å². The second-order valence-corrected chi connectivity index (χ2v) is 2.14. The standard InChI is InChI=1S/C7H14O2/c1-4-7(8)5-6(2)9-3/h6H,4-5H2,1-3H3. The van der Waals surface area contributed by atoms with Gasteiger partial charge in [0.05, 0.1) is 6.10 Å². The third kappa shape index (κ3) is 4.15. The van der Waals surface area contributed by atoms with Crippen LogP contribution in [0.1, 0.15) is 26.7 Å². The Morgan fingerprint density at radius 2 is 2.22 bits per heavy atom. The fraction of sp³-hybridized carbons (Fsp3) is 0.857. The van der Waals surface area contributed by atoms with E-state index in [0.29, 0.717) is 12.8 Å². The van der Waals surface area contributed by atoms with Crippen LogP contribution in [0, 0.1) is 0 Å².